The Morgan fingerprint density at radius 2 is 1.86 bits per heavy atom. The lowest BCUT2D eigenvalue weighted by Gasteiger charge is -2.31. The van der Waals surface area contributed by atoms with Gasteiger partial charge >= 0.3 is 6.09 Å². The molecule has 0 aliphatic carbocycles. The van der Waals surface area contributed by atoms with Crippen LogP contribution in [0.1, 0.15) is 43.0 Å². The molecular formula is C20H27N3O5. The average molecular weight is 389 g/mol. The quantitative estimate of drug-likeness (QED) is 0.804. The van der Waals surface area contributed by atoms with Crippen LogP contribution in [0.4, 0.5) is 10.5 Å². The highest BCUT2D eigenvalue weighted by atomic mass is 16.6. The maximum atomic E-state index is 12.4. The Bertz CT molecular complexity index is 692. The third-order valence-corrected chi connectivity index (χ3v) is 4.99. The van der Waals surface area contributed by atoms with Crippen molar-refractivity contribution in [2.24, 2.45) is 0 Å². The Balaban J connectivity index is 1.46. The number of anilines is 1. The van der Waals surface area contributed by atoms with Crippen LogP contribution in [0.25, 0.3) is 0 Å². The predicted molar refractivity (Wildman–Crippen MR) is 103 cm³/mol. The van der Waals surface area contributed by atoms with E-state index in [1.165, 1.54) is 0 Å². The van der Waals surface area contributed by atoms with E-state index in [9.17, 15) is 14.4 Å². The second kappa shape index (κ2) is 9.54. The molecule has 2 fully saturated rings. The summed E-state index contributed by atoms with van der Waals surface area (Å²) in [6.07, 6.45) is 2.34. The van der Waals surface area contributed by atoms with Gasteiger partial charge in [0, 0.05) is 37.0 Å². The number of amides is 3. The number of nitrogens with one attached hydrogen (secondary N) is 2. The Morgan fingerprint density at radius 1 is 1.14 bits per heavy atom. The molecule has 0 bridgehead atoms. The fourth-order valence-electron chi connectivity index (χ4n) is 3.40. The molecule has 8 nitrogen and oxygen atoms in total. The van der Waals surface area contributed by atoms with Crippen LogP contribution in [0.15, 0.2) is 24.3 Å². The van der Waals surface area contributed by atoms with Crippen molar-refractivity contribution >= 4 is 23.6 Å². The molecule has 8 heteroatoms. The van der Waals surface area contributed by atoms with Crippen LogP contribution in [0.3, 0.4) is 0 Å². The Labute approximate surface area is 164 Å². The average Bonchev–Trinajstić information content (AvgIpc) is 3.24. The monoisotopic (exact) mass is 389 g/mol. The molecule has 0 radical (unpaired) electrons. The van der Waals surface area contributed by atoms with E-state index in [0.717, 1.165) is 12.8 Å². The van der Waals surface area contributed by atoms with E-state index in [1.807, 2.05) is 0 Å². The van der Waals surface area contributed by atoms with Crippen molar-refractivity contribution in [2.75, 3.05) is 31.6 Å². The number of benzene rings is 1. The molecule has 2 saturated heterocycles. The molecule has 2 aliphatic rings. The van der Waals surface area contributed by atoms with Crippen molar-refractivity contribution in [1.82, 2.24) is 10.2 Å². The molecule has 0 saturated carbocycles. The van der Waals surface area contributed by atoms with E-state index in [1.54, 1.807) is 36.1 Å². The molecule has 2 aliphatic heterocycles. The first-order valence-corrected chi connectivity index (χ1v) is 9.82. The summed E-state index contributed by atoms with van der Waals surface area (Å²) in [6, 6.07) is 6.83. The second-order valence-electron chi connectivity index (χ2n) is 7.00. The topological polar surface area (TPSA) is 97.0 Å². The number of hydrogen-bond donors (Lipinski definition) is 2. The molecule has 2 heterocycles. The standard InChI is InChI=1S/C20H27N3O5/c1-2-27-20(26)23-11-9-16(10-12-23)21-18(24)14-5-7-15(8-6-14)22-19(25)17-4-3-13-28-17/h5-8,16-17H,2-4,9-13H2,1H3,(H,21,24)(H,22,25)/t17-/m1/s1. The van der Waals surface area contributed by atoms with Gasteiger partial charge in [0.15, 0.2) is 0 Å². The first-order chi connectivity index (χ1) is 13.6. The zero-order chi connectivity index (χ0) is 19.9. The Morgan fingerprint density at radius 3 is 2.46 bits per heavy atom. The third-order valence-electron chi connectivity index (χ3n) is 4.99. The molecule has 2 N–H and O–H groups in total. The summed E-state index contributed by atoms with van der Waals surface area (Å²) >= 11 is 0. The van der Waals surface area contributed by atoms with Gasteiger partial charge in [0.05, 0.1) is 6.61 Å². The summed E-state index contributed by atoms with van der Waals surface area (Å²) in [5.74, 6) is -0.311. The molecule has 1 atom stereocenters. The fraction of sp³-hybridized carbons (Fsp3) is 0.550. The Kier molecular flexibility index (Phi) is 6.86. The van der Waals surface area contributed by atoms with Crippen LogP contribution < -0.4 is 10.6 Å². The maximum Gasteiger partial charge on any atom is 0.409 e. The minimum absolute atomic E-state index is 0.0251. The second-order valence-corrected chi connectivity index (χ2v) is 7.00. The van der Waals surface area contributed by atoms with E-state index in [4.69, 9.17) is 9.47 Å². The number of nitrogens with zero attached hydrogens (tertiary/aromatic N) is 1. The van der Waals surface area contributed by atoms with Crippen molar-refractivity contribution in [3.63, 3.8) is 0 Å². The predicted octanol–water partition coefficient (Wildman–Crippen LogP) is 2.15. The van der Waals surface area contributed by atoms with E-state index in [-0.39, 0.29) is 30.1 Å². The van der Waals surface area contributed by atoms with Crippen molar-refractivity contribution in [2.45, 2.75) is 44.8 Å². The lowest BCUT2D eigenvalue weighted by molar-refractivity contribution is -0.124. The van der Waals surface area contributed by atoms with Crippen molar-refractivity contribution in [3.8, 4) is 0 Å². The lowest BCUT2D eigenvalue weighted by Crippen LogP contribution is -2.46. The highest BCUT2D eigenvalue weighted by Gasteiger charge is 2.25. The van der Waals surface area contributed by atoms with Crippen molar-refractivity contribution in [3.05, 3.63) is 29.8 Å². The van der Waals surface area contributed by atoms with E-state index in [0.29, 0.717) is 50.4 Å². The normalized spacial score (nSPS) is 19.9. The Hall–Kier alpha value is -2.61. The van der Waals surface area contributed by atoms with Crippen LogP contribution in [-0.4, -0.2) is 61.3 Å². The van der Waals surface area contributed by atoms with Crippen molar-refractivity contribution in [1.29, 1.82) is 0 Å². The van der Waals surface area contributed by atoms with Crippen LogP contribution in [-0.2, 0) is 14.3 Å². The molecule has 0 aromatic heterocycles. The zero-order valence-electron chi connectivity index (χ0n) is 16.1. The first-order valence-electron chi connectivity index (χ1n) is 9.82. The van der Waals surface area contributed by atoms with Gasteiger partial charge in [-0.3, -0.25) is 9.59 Å². The van der Waals surface area contributed by atoms with Gasteiger partial charge in [-0.25, -0.2) is 4.79 Å². The number of piperidine rings is 1. The molecule has 152 valence electrons. The SMILES string of the molecule is CCOC(=O)N1CCC(NC(=O)c2ccc(NC(=O)[C@H]3CCCO3)cc2)CC1. The van der Waals surface area contributed by atoms with Gasteiger partial charge in [0.25, 0.3) is 11.8 Å². The number of likely N-dealkylation sites (tertiary alicyclic amines) is 1. The summed E-state index contributed by atoms with van der Waals surface area (Å²) in [5, 5.41) is 5.82. The summed E-state index contributed by atoms with van der Waals surface area (Å²) < 4.78 is 10.4. The molecule has 1 aromatic rings. The molecule has 3 rings (SSSR count). The molecular weight excluding hydrogens is 362 g/mol. The lowest BCUT2D eigenvalue weighted by atomic mass is 10.0. The van der Waals surface area contributed by atoms with E-state index < -0.39 is 0 Å². The molecule has 0 spiro atoms. The third kappa shape index (κ3) is 5.22. The minimum Gasteiger partial charge on any atom is -0.450 e. The smallest absolute Gasteiger partial charge is 0.409 e. The van der Waals surface area contributed by atoms with E-state index >= 15 is 0 Å². The maximum absolute atomic E-state index is 12.4. The zero-order valence-corrected chi connectivity index (χ0v) is 16.1. The van der Waals surface area contributed by atoms with Gasteiger partial charge in [-0.05, 0) is 56.9 Å². The van der Waals surface area contributed by atoms with Gasteiger partial charge in [-0.2, -0.15) is 0 Å². The largest absolute Gasteiger partial charge is 0.450 e. The van der Waals surface area contributed by atoms with Gasteiger partial charge in [0.2, 0.25) is 0 Å². The summed E-state index contributed by atoms with van der Waals surface area (Å²) in [7, 11) is 0. The summed E-state index contributed by atoms with van der Waals surface area (Å²) in [5.41, 5.74) is 1.17. The molecule has 28 heavy (non-hydrogen) atoms. The van der Waals surface area contributed by atoms with Gasteiger partial charge in [-0.15, -0.1) is 0 Å². The first kappa shape index (κ1) is 20.1. The minimum atomic E-state index is -0.386. The fourth-order valence-corrected chi connectivity index (χ4v) is 3.40. The number of rotatable bonds is 5. The molecule has 0 unspecified atom stereocenters. The van der Waals surface area contributed by atoms with Crippen LogP contribution >= 0.6 is 0 Å². The summed E-state index contributed by atoms with van der Waals surface area (Å²) in [4.78, 5) is 37.9. The number of ether oxygens (including phenoxy) is 2. The number of carbonyl (C=O) groups is 3. The van der Waals surface area contributed by atoms with Crippen molar-refractivity contribution < 1.29 is 23.9 Å². The highest BCUT2D eigenvalue weighted by molar-refractivity contribution is 5.97. The summed E-state index contributed by atoms with van der Waals surface area (Å²) in [6.45, 7) is 3.90. The van der Waals surface area contributed by atoms with Gasteiger partial charge < -0.3 is 25.0 Å². The van der Waals surface area contributed by atoms with Gasteiger partial charge in [-0.1, -0.05) is 0 Å². The highest BCUT2D eigenvalue weighted by Crippen LogP contribution is 2.17. The molecule has 3 amide bonds. The van der Waals surface area contributed by atoms with Crippen LogP contribution in [0, 0.1) is 0 Å². The molecule has 1 aromatic carbocycles. The van der Waals surface area contributed by atoms with Crippen LogP contribution in [0.5, 0.6) is 0 Å². The van der Waals surface area contributed by atoms with Crippen LogP contribution in [0.2, 0.25) is 0 Å². The van der Waals surface area contributed by atoms with E-state index in [2.05, 4.69) is 10.6 Å². The number of hydrogen-bond acceptors (Lipinski definition) is 5. The van der Waals surface area contributed by atoms with Gasteiger partial charge in [0.1, 0.15) is 6.10 Å². The number of carbonyl (C=O) groups excluding carboxylic acids is 3.